The molecule has 11 atom stereocenters. The minimum absolute atomic E-state index is 0.00129. The number of hydrogen-bond acceptors (Lipinski definition) is 4. The molecule has 0 spiro atoms. The van der Waals surface area contributed by atoms with E-state index in [0.29, 0.717) is 25.2 Å². The zero-order valence-corrected chi connectivity index (χ0v) is 22.9. The molecule has 5 aliphatic carbocycles. The van der Waals surface area contributed by atoms with Crippen LogP contribution in [0.4, 0.5) is 0 Å². The average molecular weight is 489 g/mol. The highest BCUT2D eigenvalue weighted by atomic mass is 16.4. The van der Waals surface area contributed by atoms with Gasteiger partial charge in [-0.05, 0) is 91.3 Å². The molecule has 5 aliphatic rings. The van der Waals surface area contributed by atoms with Crippen LogP contribution in [0.3, 0.4) is 0 Å². The molecule has 5 nitrogen and oxygen atoms in total. The Morgan fingerprint density at radius 3 is 2.14 bits per heavy atom. The summed E-state index contributed by atoms with van der Waals surface area (Å²) in [5.74, 6) is -0.157. The molecule has 198 valence electrons. The van der Waals surface area contributed by atoms with E-state index in [9.17, 15) is 25.2 Å². The van der Waals surface area contributed by atoms with Gasteiger partial charge in [0, 0.05) is 11.8 Å². The molecule has 4 fully saturated rings. The van der Waals surface area contributed by atoms with Crippen LogP contribution in [-0.2, 0) is 4.79 Å². The maximum absolute atomic E-state index is 12.3. The van der Waals surface area contributed by atoms with E-state index in [4.69, 9.17) is 0 Å². The van der Waals surface area contributed by atoms with Crippen molar-refractivity contribution >= 4 is 5.97 Å². The van der Waals surface area contributed by atoms with Crippen LogP contribution >= 0.6 is 0 Å². The molecule has 5 heteroatoms. The average Bonchev–Trinajstić information content (AvgIpc) is 2.75. The van der Waals surface area contributed by atoms with E-state index in [1.54, 1.807) is 6.92 Å². The van der Waals surface area contributed by atoms with Crippen LogP contribution < -0.4 is 0 Å². The summed E-state index contributed by atoms with van der Waals surface area (Å²) in [7, 11) is 0. The fraction of sp³-hybridized carbons (Fsp3) is 0.900. The van der Waals surface area contributed by atoms with E-state index in [-0.39, 0.29) is 38.9 Å². The molecule has 4 saturated carbocycles. The van der Waals surface area contributed by atoms with Gasteiger partial charge in [0.25, 0.3) is 0 Å². The van der Waals surface area contributed by atoms with Crippen LogP contribution in [-0.4, -0.2) is 44.7 Å². The molecule has 35 heavy (non-hydrogen) atoms. The summed E-state index contributed by atoms with van der Waals surface area (Å²) in [6.45, 7) is 15.5. The fourth-order valence-electron chi connectivity index (χ4n) is 10.6. The van der Waals surface area contributed by atoms with Crippen molar-refractivity contribution in [2.24, 2.45) is 50.2 Å². The second-order valence-electron chi connectivity index (χ2n) is 15.1. The highest BCUT2D eigenvalue weighted by Crippen LogP contribution is 2.75. The van der Waals surface area contributed by atoms with Gasteiger partial charge in [0.15, 0.2) is 0 Å². The molecule has 0 radical (unpaired) electrons. The normalized spacial score (nSPS) is 57.1. The highest BCUT2D eigenvalue weighted by Gasteiger charge is 2.70. The van der Waals surface area contributed by atoms with Crippen LogP contribution in [0.5, 0.6) is 0 Å². The Labute approximate surface area is 211 Å². The number of carboxylic acid groups (broad SMARTS) is 1. The van der Waals surface area contributed by atoms with E-state index in [0.717, 1.165) is 32.1 Å². The summed E-state index contributed by atoms with van der Waals surface area (Å²) >= 11 is 0. The van der Waals surface area contributed by atoms with Crippen molar-refractivity contribution < 1.29 is 25.2 Å². The van der Waals surface area contributed by atoms with Crippen LogP contribution in [0.2, 0.25) is 0 Å². The van der Waals surface area contributed by atoms with Crippen molar-refractivity contribution in [2.45, 2.75) is 118 Å². The molecule has 0 bridgehead atoms. The number of fused-ring (bicyclic) bond motifs is 7. The molecule has 0 heterocycles. The molecule has 0 aromatic carbocycles. The number of aliphatic hydroxyl groups excluding tert-OH is 3. The molecule has 0 amide bonds. The number of hydrogen-bond donors (Lipinski definition) is 4. The van der Waals surface area contributed by atoms with Crippen molar-refractivity contribution in [1.29, 1.82) is 0 Å². The van der Waals surface area contributed by atoms with E-state index in [2.05, 4.69) is 47.6 Å². The van der Waals surface area contributed by atoms with Gasteiger partial charge in [0.05, 0.1) is 23.7 Å². The highest BCUT2D eigenvalue weighted by molar-refractivity contribution is 5.75. The number of aliphatic hydroxyl groups is 3. The number of rotatable bonds is 1. The summed E-state index contributed by atoms with van der Waals surface area (Å²) in [5, 5.41) is 43.4. The molecule has 0 aromatic rings. The van der Waals surface area contributed by atoms with Gasteiger partial charge < -0.3 is 20.4 Å². The third-order valence-corrected chi connectivity index (χ3v) is 13.5. The smallest absolute Gasteiger partial charge is 0.312 e. The lowest BCUT2D eigenvalue weighted by atomic mass is 9.33. The number of carbonyl (C=O) groups is 1. The Hall–Kier alpha value is -0.910. The van der Waals surface area contributed by atoms with E-state index < -0.39 is 29.7 Å². The van der Waals surface area contributed by atoms with Crippen LogP contribution in [0.1, 0.15) is 99.8 Å². The summed E-state index contributed by atoms with van der Waals surface area (Å²) < 4.78 is 0. The summed E-state index contributed by atoms with van der Waals surface area (Å²) in [6, 6.07) is 0. The van der Waals surface area contributed by atoms with Gasteiger partial charge >= 0.3 is 5.97 Å². The molecule has 4 N–H and O–H groups in total. The third kappa shape index (κ3) is 2.95. The van der Waals surface area contributed by atoms with Gasteiger partial charge in [-0.2, -0.15) is 0 Å². The molecule has 0 aromatic heterocycles. The largest absolute Gasteiger partial charge is 0.481 e. The predicted octanol–water partition coefficient (Wildman–Crippen LogP) is 5.18. The SMILES string of the molecule is CC1(C)[C@H]2CC[C@]3(C)[C@H](CC=C4[C@H]5C[C@](C)(C(=O)O)[C@@H](O)C[C@]5(C)CC[C@]43C)[C@@]2(C)[C@@H](O)C[C@@H]1O. The van der Waals surface area contributed by atoms with Crippen molar-refractivity contribution in [3.63, 3.8) is 0 Å². The Balaban J connectivity index is 1.60. The van der Waals surface area contributed by atoms with Gasteiger partial charge in [-0.3, -0.25) is 4.79 Å². The maximum atomic E-state index is 12.3. The lowest BCUT2D eigenvalue weighted by Gasteiger charge is -2.72. The fourth-order valence-corrected chi connectivity index (χ4v) is 10.6. The number of aliphatic carboxylic acids is 1. The standard InChI is InChI=1S/C30H48O5/c1-25(2)19-10-11-29(6)20(30(19,7)22(32)14-21(25)31)9-8-17-18-15-27(4,24(34)35)23(33)16-26(18,3)12-13-28(17,29)5/h8,18-23,31-33H,9-16H2,1-7H3,(H,34,35)/t18-,19-,20+,21+,22+,23+,26+,27+,28-,29-,30+/m1/s1. The third-order valence-electron chi connectivity index (χ3n) is 13.5. The van der Waals surface area contributed by atoms with Crippen molar-refractivity contribution in [3.05, 3.63) is 11.6 Å². The van der Waals surface area contributed by atoms with E-state index in [1.165, 1.54) is 5.57 Å². The molecular weight excluding hydrogens is 440 g/mol. The molecule has 5 rings (SSSR count). The maximum Gasteiger partial charge on any atom is 0.312 e. The monoisotopic (exact) mass is 488 g/mol. The summed E-state index contributed by atoms with van der Waals surface area (Å²) in [4.78, 5) is 12.3. The van der Waals surface area contributed by atoms with Crippen LogP contribution in [0.15, 0.2) is 11.6 Å². The van der Waals surface area contributed by atoms with E-state index >= 15 is 0 Å². The first-order valence-corrected chi connectivity index (χ1v) is 14.0. The second-order valence-corrected chi connectivity index (χ2v) is 15.1. The topological polar surface area (TPSA) is 98.0 Å². The van der Waals surface area contributed by atoms with Crippen LogP contribution in [0, 0.1) is 50.2 Å². The first-order chi connectivity index (χ1) is 16.0. The zero-order chi connectivity index (χ0) is 26.0. The summed E-state index contributed by atoms with van der Waals surface area (Å²) in [6.07, 6.45) is 7.08. The molecule has 0 unspecified atom stereocenters. The van der Waals surface area contributed by atoms with Crippen LogP contribution in [0.25, 0.3) is 0 Å². The first-order valence-electron chi connectivity index (χ1n) is 14.0. The molecular formula is C30H48O5. The van der Waals surface area contributed by atoms with Gasteiger partial charge in [0.1, 0.15) is 0 Å². The Morgan fingerprint density at radius 1 is 0.857 bits per heavy atom. The van der Waals surface area contributed by atoms with Crippen molar-refractivity contribution in [1.82, 2.24) is 0 Å². The Kier molecular flexibility index (Phi) is 5.40. The molecule has 0 saturated heterocycles. The van der Waals surface area contributed by atoms with Gasteiger partial charge in [0.2, 0.25) is 0 Å². The Bertz CT molecular complexity index is 956. The zero-order valence-electron chi connectivity index (χ0n) is 22.9. The quantitative estimate of drug-likeness (QED) is 0.382. The van der Waals surface area contributed by atoms with Crippen molar-refractivity contribution in [3.8, 4) is 0 Å². The first kappa shape index (κ1) is 25.7. The van der Waals surface area contributed by atoms with E-state index in [1.807, 2.05) is 0 Å². The van der Waals surface area contributed by atoms with Gasteiger partial charge in [-0.1, -0.05) is 53.2 Å². The number of carboxylic acids is 1. The number of allylic oxidation sites excluding steroid dienone is 2. The van der Waals surface area contributed by atoms with Gasteiger partial charge in [-0.25, -0.2) is 0 Å². The minimum Gasteiger partial charge on any atom is -0.481 e. The Morgan fingerprint density at radius 2 is 1.51 bits per heavy atom. The van der Waals surface area contributed by atoms with Gasteiger partial charge in [-0.15, -0.1) is 0 Å². The second kappa shape index (κ2) is 7.35. The lowest BCUT2D eigenvalue weighted by Crippen LogP contribution is -2.68. The van der Waals surface area contributed by atoms with Crippen molar-refractivity contribution in [2.75, 3.05) is 0 Å². The lowest BCUT2D eigenvalue weighted by molar-refractivity contribution is -0.244. The predicted molar refractivity (Wildman–Crippen MR) is 135 cm³/mol. The minimum atomic E-state index is -1.12. The summed E-state index contributed by atoms with van der Waals surface area (Å²) in [5.41, 5.74) is -0.330. The molecule has 0 aliphatic heterocycles.